The number of halogens is 3. The van der Waals surface area contributed by atoms with E-state index in [1.54, 1.807) is 0 Å². The summed E-state index contributed by atoms with van der Waals surface area (Å²) < 4.78 is 38.0. The second-order valence-corrected chi connectivity index (χ2v) is 6.25. The molecule has 0 amide bonds. The Balaban J connectivity index is 2.09. The summed E-state index contributed by atoms with van der Waals surface area (Å²) in [5, 5.41) is 9.56. The van der Waals surface area contributed by atoms with Crippen molar-refractivity contribution in [1.82, 2.24) is 4.90 Å². The van der Waals surface area contributed by atoms with Crippen molar-refractivity contribution in [2.75, 3.05) is 13.1 Å². The van der Waals surface area contributed by atoms with Gasteiger partial charge >= 0.3 is 12.1 Å². The number of aliphatic carboxylic acids is 1. The molecule has 2 aliphatic rings. The summed E-state index contributed by atoms with van der Waals surface area (Å²) in [6.45, 7) is -0.931. The number of hydrogen-bond acceptors (Lipinski definition) is 2. The predicted molar refractivity (Wildman–Crippen MR) is 68.4 cm³/mol. The van der Waals surface area contributed by atoms with E-state index in [9.17, 15) is 23.1 Å². The van der Waals surface area contributed by atoms with Crippen molar-refractivity contribution in [3.05, 3.63) is 0 Å². The Bertz CT molecular complexity index is 345. The molecule has 0 aliphatic heterocycles. The molecule has 0 saturated heterocycles. The summed E-state index contributed by atoms with van der Waals surface area (Å²) in [6, 6.07) is -0.0731. The van der Waals surface area contributed by atoms with Crippen LogP contribution in [0.3, 0.4) is 0 Å². The lowest BCUT2D eigenvalue weighted by Crippen LogP contribution is -2.47. The molecule has 0 aromatic rings. The van der Waals surface area contributed by atoms with Crippen LogP contribution in [0.5, 0.6) is 0 Å². The highest BCUT2D eigenvalue weighted by atomic mass is 19.4. The van der Waals surface area contributed by atoms with Crippen LogP contribution in [0.4, 0.5) is 13.2 Å². The minimum atomic E-state index is -4.26. The normalized spacial score (nSPS) is 23.6. The van der Waals surface area contributed by atoms with Crippen LogP contribution in [-0.2, 0) is 4.79 Å². The molecule has 0 aromatic heterocycles. The third-order valence-corrected chi connectivity index (χ3v) is 4.47. The second-order valence-electron chi connectivity index (χ2n) is 6.25. The summed E-state index contributed by atoms with van der Waals surface area (Å²) in [7, 11) is 0. The zero-order chi connectivity index (χ0) is 14.8. The van der Waals surface area contributed by atoms with Gasteiger partial charge in [-0.2, -0.15) is 13.2 Å². The van der Waals surface area contributed by atoms with E-state index >= 15 is 0 Å². The molecule has 2 aliphatic carbocycles. The van der Waals surface area contributed by atoms with Crippen molar-refractivity contribution >= 4 is 5.97 Å². The number of nitrogens with zero attached hydrogens (tertiary/aromatic N) is 1. The van der Waals surface area contributed by atoms with Crippen LogP contribution in [-0.4, -0.2) is 41.3 Å². The van der Waals surface area contributed by atoms with Gasteiger partial charge in [0.15, 0.2) is 0 Å². The van der Waals surface area contributed by atoms with Gasteiger partial charge in [-0.1, -0.05) is 25.7 Å². The fourth-order valence-electron chi connectivity index (χ4n) is 3.22. The molecule has 0 spiro atoms. The average Bonchev–Trinajstić information content (AvgIpc) is 3.14. The number of carboxylic acid groups (broad SMARTS) is 1. The maximum atomic E-state index is 12.7. The lowest BCUT2D eigenvalue weighted by molar-refractivity contribution is -0.162. The summed E-state index contributed by atoms with van der Waals surface area (Å²) in [5.41, 5.74) is -0.982. The van der Waals surface area contributed by atoms with Crippen LogP contribution in [0.15, 0.2) is 0 Å². The fourth-order valence-corrected chi connectivity index (χ4v) is 3.22. The zero-order valence-corrected chi connectivity index (χ0v) is 11.6. The first kappa shape index (κ1) is 15.6. The van der Waals surface area contributed by atoms with Gasteiger partial charge in [0, 0.05) is 12.6 Å². The van der Waals surface area contributed by atoms with E-state index in [0.717, 1.165) is 38.5 Å². The van der Waals surface area contributed by atoms with Gasteiger partial charge in [0.25, 0.3) is 0 Å². The predicted octanol–water partition coefficient (Wildman–Crippen LogP) is 3.44. The monoisotopic (exact) mass is 293 g/mol. The molecule has 0 unspecified atom stereocenters. The fraction of sp³-hybridized carbons (Fsp3) is 0.929. The van der Waals surface area contributed by atoms with Gasteiger partial charge in [0.2, 0.25) is 0 Å². The molecule has 116 valence electrons. The zero-order valence-electron chi connectivity index (χ0n) is 11.6. The molecular weight excluding hydrogens is 271 g/mol. The number of alkyl halides is 3. The molecular formula is C14H22F3NO2. The van der Waals surface area contributed by atoms with Crippen molar-refractivity contribution in [2.24, 2.45) is 5.41 Å². The smallest absolute Gasteiger partial charge is 0.401 e. The van der Waals surface area contributed by atoms with Crippen LogP contribution in [0.2, 0.25) is 0 Å². The first-order valence-electron chi connectivity index (χ1n) is 7.37. The summed E-state index contributed by atoms with van der Waals surface area (Å²) in [6.07, 6.45) is 1.83. The third-order valence-electron chi connectivity index (χ3n) is 4.47. The lowest BCUT2D eigenvalue weighted by atomic mass is 9.79. The van der Waals surface area contributed by atoms with Crippen LogP contribution < -0.4 is 0 Å². The summed E-state index contributed by atoms with van der Waals surface area (Å²) in [4.78, 5) is 13.0. The molecule has 0 atom stereocenters. The SMILES string of the molecule is O=C(O)C1(CN(CC(F)(F)F)C2CC2)CCCCCC1. The quantitative estimate of drug-likeness (QED) is 0.789. The number of carboxylic acids is 1. The Morgan fingerprint density at radius 2 is 1.70 bits per heavy atom. The van der Waals surface area contributed by atoms with Crippen LogP contribution in [0.1, 0.15) is 51.4 Å². The molecule has 2 rings (SSSR count). The minimum absolute atomic E-state index is 0.0481. The number of rotatable bonds is 5. The minimum Gasteiger partial charge on any atom is -0.481 e. The lowest BCUT2D eigenvalue weighted by Gasteiger charge is -2.35. The van der Waals surface area contributed by atoms with E-state index in [1.165, 1.54) is 4.90 Å². The van der Waals surface area contributed by atoms with E-state index < -0.39 is 24.1 Å². The van der Waals surface area contributed by atoms with Crippen molar-refractivity contribution in [3.63, 3.8) is 0 Å². The molecule has 0 heterocycles. The molecule has 3 nitrogen and oxygen atoms in total. The Labute approximate surface area is 117 Å². The Morgan fingerprint density at radius 1 is 1.15 bits per heavy atom. The van der Waals surface area contributed by atoms with Crippen molar-refractivity contribution < 1.29 is 23.1 Å². The van der Waals surface area contributed by atoms with E-state index in [1.807, 2.05) is 0 Å². The second kappa shape index (κ2) is 5.92. The Kier molecular flexibility index (Phi) is 4.62. The molecule has 1 N–H and O–H groups in total. The maximum absolute atomic E-state index is 12.7. The topological polar surface area (TPSA) is 40.5 Å². The van der Waals surface area contributed by atoms with Crippen LogP contribution in [0, 0.1) is 5.41 Å². The van der Waals surface area contributed by atoms with Gasteiger partial charge in [-0.15, -0.1) is 0 Å². The first-order valence-corrected chi connectivity index (χ1v) is 7.37. The summed E-state index contributed by atoms with van der Waals surface area (Å²) >= 11 is 0. The van der Waals surface area contributed by atoms with Gasteiger partial charge in [-0.05, 0) is 25.7 Å². The van der Waals surface area contributed by atoms with Crippen molar-refractivity contribution in [1.29, 1.82) is 0 Å². The molecule has 2 fully saturated rings. The van der Waals surface area contributed by atoms with Gasteiger partial charge in [-0.25, -0.2) is 0 Å². The Hall–Kier alpha value is -0.780. The van der Waals surface area contributed by atoms with E-state index in [4.69, 9.17) is 0 Å². The maximum Gasteiger partial charge on any atom is 0.401 e. The van der Waals surface area contributed by atoms with E-state index in [2.05, 4.69) is 0 Å². The number of hydrogen-bond donors (Lipinski definition) is 1. The van der Waals surface area contributed by atoms with Gasteiger partial charge in [0.05, 0.1) is 12.0 Å². The third kappa shape index (κ3) is 4.11. The van der Waals surface area contributed by atoms with Gasteiger partial charge in [0.1, 0.15) is 0 Å². The van der Waals surface area contributed by atoms with Gasteiger partial charge in [-0.3, -0.25) is 9.69 Å². The van der Waals surface area contributed by atoms with Crippen LogP contribution >= 0.6 is 0 Å². The highest BCUT2D eigenvalue weighted by molar-refractivity contribution is 5.75. The van der Waals surface area contributed by atoms with E-state index in [0.29, 0.717) is 12.8 Å². The molecule has 20 heavy (non-hydrogen) atoms. The molecule has 0 radical (unpaired) electrons. The largest absolute Gasteiger partial charge is 0.481 e. The van der Waals surface area contributed by atoms with Crippen LogP contribution in [0.25, 0.3) is 0 Å². The van der Waals surface area contributed by atoms with Crippen molar-refractivity contribution in [2.45, 2.75) is 63.6 Å². The molecule has 6 heteroatoms. The standard InChI is InChI=1S/C14H22F3NO2/c15-14(16,17)10-18(11-5-6-11)9-13(12(19)20)7-3-1-2-4-8-13/h11H,1-10H2,(H,19,20). The average molecular weight is 293 g/mol. The summed E-state index contributed by atoms with van der Waals surface area (Å²) in [5.74, 6) is -0.924. The Morgan fingerprint density at radius 3 is 2.10 bits per heavy atom. The van der Waals surface area contributed by atoms with Gasteiger partial charge < -0.3 is 5.11 Å². The van der Waals surface area contributed by atoms with E-state index in [-0.39, 0.29) is 12.6 Å². The number of carbonyl (C=O) groups is 1. The van der Waals surface area contributed by atoms with Crippen molar-refractivity contribution in [3.8, 4) is 0 Å². The highest BCUT2D eigenvalue weighted by Gasteiger charge is 2.46. The molecule has 0 aromatic carbocycles. The highest BCUT2D eigenvalue weighted by Crippen LogP contribution is 2.40. The molecule has 2 saturated carbocycles. The molecule has 0 bridgehead atoms. The first-order chi connectivity index (χ1) is 9.32.